The van der Waals surface area contributed by atoms with E-state index < -0.39 is 0 Å². The first-order valence-corrected chi connectivity index (χ1v) is 11.2. The zero-order chi connectivity index (χ0) is 20.1. The minimum absolute atomic E-state index is 0.0101. The predicted molar refractivity (Wildman–Crippen MR) is 117 cm³/mol. The molecule has 11 heteroatoms. The van der Waals surface area contributed by atoms with E-state index in [2.05, 4.69) is 42.7 Å². The van der Waals surface area contributed by atoms with Crippen LogP contribution in [0, 0.1) is 0 Å². The number of nitrogens with zero attached hydrogens (tertiary/aromatic N) is 2. The number of carbonyl (C=O) groups is 1. The highest BCUT2D eigenvalue weighted by molar-refractivity contribution is 9.10. The van der Waals surface area contributed by atoms with Gasteiger partial charge in [-0.15, -0.1) is 22.7 Å². The van der Waals surface area contributed by atoms with Crippen LogP contribution in [0.25, 0.3) is 10.2 Å². The smallest absolute Gasteiger partial charge is 0.290 e. The molecule has 0 amide bonds. The Morgan fingerprint density at radius 2 is 2.29 bits per heavy atom. The molecule has 4 heterocycles. The van der Waals surface area contributed by atoms with Gasteiger partial charge in [0.2, 0.25) is 5.28 Å². The number of thiophene rings is 2. The van der Waals surface area contributed by atoms with Crippen molar-refractivity contribution in [1.29, 1.82) is 0 Å². The molecule has 3 aromatic rings. The summed E-state index contributed by atoms with van der Waals surface area (Å²) in [5.74, 6) is 1.02. The molecule has 4 rings (SSSR count). The van der Waals surface area contributed by atoms with Crippen molar-refractivity contribution in [2.24, 2.45) is 5.73 Å². The highest BCUT2D eigenvalue weighted by Gasteiger charge is 2.29. The van der Waals surface area contributed by atoms with Gasteiger partial charge in [-0.1, -0.05) is 6.07 Å². The number of hydrogen-bond acceptors (Lipinski definition) is 8. The van der Waals surface area contributed by atoms with Crippen molar-refractivity contribution in [3.8, 4) is 0 Å². The Kier molecular flexibility index (Phi) is 7.61. The number of rotatable bonds is 4. The lowest BCUT2D eigenvalue weighted by Gasteiger charge is -2.28. The van der Waals surface area contributed by atoms with E-state index in [9.17, 15) is 0 Å². The number of halogens is 2. The molecule has 0 spiro atoms. The molecule has 150 valence electrons. The molecular formula is C17H18BrClN4O3S2. The minimum atomic E-state index is -0.250. The molecular weight excluding hydrogens is 488 g/mol. The summed E-state index contributed by atoms with van der Waals surface area (Å²) in [4.78, 5) is 19.6. The number of nitrogens with one attached hydrogen (secondary N) is 1. The number of hydrogen-bond donors (Lipinski definition) is 3. The summed E-state index contributed by atoms with van der Waals surface area (Å²) in [6.07, 6.45) is 0.908. The van der Waals surface area contributed by atoms with E-state index in [0.29, 0.717) is 13.2 Å². The van der Waals surface area contributed by atoms with Gasteiger partial charge in [-0.25, -0.2) is 4.98 Å². The molecule has 0 aliphatic carbocycles. The second-order valence-corrected chi connectivity index (χ2v) is 9.19. The lowest BCUT2D eigenvalue weighted by atomic mass is 9.94. The van der Waals surface area contributed by atoms with Crippen LogP contribution in [0.4, 0.5) is 5.82 Å². The largest absolute Gasteiger partial charge is 0.483 e. The third kappa shape index (κ3) is 4.81. The third-order valence-electron chi connectivity index (χ3n) is 4.22. The Hall–Kier alpha value is -1.30. The Morgan fingerprint density at radius 1 is 1.50 bits per heavy atom. The maximum absolute atomic E-state index is 8.36. The first-order chi connectivity index (χ1) is 13.5. The van der Waals surface area contributed by atoms with Gasteiger partial charge in [0.05, 0.1) is 22.3 Å². The molecule has 0 unspecified atom stereocenters. The Bertz CT molecular complexity index is 938. The van der Waals surface area contributed by atoms with Crippen LogP contribution in [-0.4, -0.2) is 40.8 Å². The number of anilines is 1. The first-order valence-electron chi connectivity index (χ1n) is 8.38. The molecule has 2 atom stereocenters. The van der Waals surface area contributed by atoms with Crippen molar-refractivity contribution >= 4 is 72.7 Å². The van der Waals surface area contributed by atoms with Crippen LogP contribution in [0.15, 0.2) is 22.0 Å². The standard InChI is InChI=1S/C16H16BrClN4OS2.CH2O2/c17-11-12-14(25-13(11)9-3-4-23-7-10(9)19)15(22-16(18)21-12)20-6-8-2-1-5-24-8;2-1-3/h1-2,5,9-10H,3-4,6-7,19H2,(H,20,21,22);1H,(H,2,3)/t9-,10-;/m1./s1. The van der Waals surface area contributed by atoms with Crippen molar-refractivity contribution < 1.29 is 14.6 Å². The van der Waals surface area contributed by atoms with Crippen LogP contribution in [0.5, 0.6) is 0 Å². The van der Waals surface area contributed by atoms with Gasteiger partial charge in [0, 0.05) is 28.3 Å². The van der Waals surface area contributed by atoms with Crippen molar-refractivity contribution in [3.63, 3.8) is 0 Å². The van der Waals surface area contributed by atoms with Crippen molar-refractivity contribution in [3.05, 3.63) is 37.0 Å². The molecule has 0 bridgehead atoms. The molecule has 7 nitrogen and oxygen atoms in total. The van der Waals surface area contributed by atoms with E-state index in [1.54, 1.807) is 22.7 Å². The van der Waals surface area contributed by atoms with Crippen LogP contribution < -0.4 is 11.1 Å². The zero-order valence-electron chi connectivity index (χ0n) is 14.6. The van der Waals surface area contributed by atoms with E-state index in [0.717, 1.165) is 33.5 Å². The first kappa shape index (κ1) is 21.4. The lowest BCUT2D eigenvalue weighted by molar-refractivity contribution is -0.122. The van der Waals surface area contributed by atoms with Crippen LogP contribution in [0.3, 0.4) is 0 Å². The molecule has 28 heavy (non-hydrogen) atoms. The fourth-order valence-corrected chi connectivity index (χ4v) is 6.05. The van der Waals surface area contributed by atoms with Crippen LogP contribution in [0.2, 0.25) is 5.28 Å². The van der Waals surface area contributed by atoms with Gasteiger partial charge in [-0.2, -0.15) is 4.98 Å². The van der Waals surface area contributed by atoms with Gasteiger partial charge in [0.1, 0.15) is 11.3 Å². The second kappa shape index (κ2) is 9.95. The van der Waals surface area contributed by atoms with E-state index in [-0.39, 0.29) is 23.7 Å². The average molecular weight is 506 g/mol. The SMILES string of the molecule is N[C@@H]1COCC[C@H]1c1sc2c(NCc3cccs3)nc(Cl)nc2c1Br.O=CO. The van der Waals surface area contributed by atoms with Crippen LogP contribution in [0.1, 0.15) is 22.1 Å². The van der Waals surface area contributed by atoms with Gasteiger partial charge in [-0.05, 0) is 45.4 Å². The maximum atomic E-state index is 8.36. The van der Waals surface area contributed by atoms with Gasteiger partial charge >= 0.3 is 0 Å². The van der Waals surface area contributed by atoms with E-state index in [4.69, 9.17) is 32.0 Å². The van der Waals surface area contributed by atoms with Crippen molar-refractivity contribution in [2.75, 3.05) is 18.5 Å². The zero-order valence-corrected chi connectivity index (χ0v) is 18.6. The normalized spacial score (nSPS) is 19.1. The van der Waals surface area contributed by atoms with Gasteiger partial charge in [0.25, 0.3) is 6.47 Å². The van der Waals surface area contributed by atoms with E-state index in [1.807, 2.05) is 6.07 Å². The number of ether oxygens (including phenoxy) is 1. The Morgan fingerprint density at radius 3 is 2.96 bits per heavy atom. The molecule has 0 aromatic carbocycles. The summed E-state index contributed by atoms with van der Waals surface area (Å²) >= 11 is 13.3. The second-order valence-electron chi connectivity index (χ2n) is 5.97. The fraction of sp³-hybridized carbons (Fsp3) is 0.353. The summed E-state index contributed by atoms with van der Waals surface area (Å²) in [7, 11) is 0. The topological polar surface area (TPSA) is 110 Å². The molecule has 1 fully saturated rings. The quantitative estimate of drug-likeness (QED) is 0.358. The number of nitrogens with two attached hydrogens (primary N) is 1. The third-order valence-corrected chi connectivity index (χ3v) is 7.65. The number of aromatic nitrogens is 2. The average Bonchev–Trinajstić information content (AvgIpc) is 3.30. The molecule has 0 saturated carbocycles. The van der Waals surface area contributed by atoms with Gasteiger partial charge in [0.15, 0.2) is 0 Å². The highest BCUT2D eigenvalue weighted by atomic mass is 79.9. The minimum Gasteiger partial charge on any atom is -0.483 e. The van der Waals surface area contributed by atoms with Gasteiger partial charge < -0.3 is 20.9 Å². The monoisotopic (exact) mass is 504 g/mol. The molecule has 4 N–H and O–H groups in total. The molecule has 1 saturated heterocycles. The molecule has 3 aromatic heterocycles. The van der Waals surface area contributed by atoms with E-state index >= 15 is 0 Å². The fourth-order valence-electron chi connectivity index (χ4n) is 2.97. The summed E-state index contributed by atoms with van der Waals surface area (Å²) in [5.41, 5.74) is 7.12. The summed E-state index contributed by atoms with van der Waals surface area (Å²) in [6, 6.07) is 4.12. The lowest BCUT2D eigenvalue weighted by Crippen LogP contribution is -2.37. The molecule has 0 radical (unpaired) electrons. The summed E-state index contributed by atoms with van der Waals surface area (Å²) in [6.45, 7) is 1.78. The predicted octanol–water partition coefficient (Wildman–Crippen LogP) is 4.31. The molecule has 1 aliphatic heterocycles. The van der Waals surface area contributed by atoms with Gasteiger partial charge in [-0.3, -0.25) is 4.79 Å². The van der Waals surface area contributed by atoms with Crippen LogP contribution in [-0.2, 0) is 16.1 Å². The van der Waals surface area contributed by atoms with Crippen LogP contribution >= 0.6 is 50.2 Å². The number of carboxylic acid groups (broad SMARTS) is 1. The Balaban J connectivity index is 0.000000706. The van der Waals surface area contributed by atoms with E-state index in [1.165, 1.54) is 9.75 Å². The number of fused-ring (bicyclic) bond motifs is 1. The Labute approximate surface area is 183 Å². The summed E-state index contributed by atoms with van der Waals surface area (Å²) < 4.78 is 7.45. The molecule has 1 aliphatic rings. The summed E-state index contributed by atoms with van der Waals surface area (Å²) in [5, 5.41) is 12.6. The van der Waals surface area contributed by atoms with Crippen molar-refractivity contribution in [1.82, 2.24) is 9.97 Å². The highest BCUT2D eigenvalue weighted by Crippen LogP contribution is 2.44. The maximum Gasteiger partial charge on any atom is 0.290 e. The van der Waals surface area contributed by atoms with Crippen molar-refractivity contribution in [2.45, 2.75) is 24.9 Å².